The molecule has 2 aliphatic heterocycles. The van der Waals surface area contributed by atoms with E-state index in [0.717, 1.165) is 4.90 Å². The van der Waals surface area contributed by atoms with Gasteiger partial charge in [0.15, 0.2) is 0 Å². The number of hydrogen-bond acceptors (Lipinski definition) is 5. The predicted octanol–water partition coefficient (Wildman–Crippen LogP) is -0.138. The van der Waals surface area contributed by atoms with Crippen LogP contribution in [0.4, 0.5) is 9.59 Å². The number of piperazine rings is 1. The van der Waals surface area contributed by atoms with Crippen LogP contribution in [-0.4, -0.2) is 82.3 Å². The van der Waals surface area contributed by atoms with Crippen LogP contribution >= 0.6 is 0 Å². The molecule has 0 aromatic carbocycles. The third-order valence-corrected chi connectivity index (χ3v) is 3.38. The topological polar surface area (TPSA) is 90.4 Å². The highest BCUT2D eigenvalue weighted by Crippen LogP contribution is 2.23. The number of carbonyl (C=O) groups excluding carboxylic acids is 3. The first-order valence-corrected chi connectivity index (χ1v) is 6.95. The van der Waals surface area contributed by atoms with Gasteiger partial charge in [-0.25, -0.2) is 9.59 Å². The number of rotatable bonds is 2. The number of aliphatic hydroxyl groups excluding tert-OH is 1. The van der Waals surface area contributed by atoms with Crippen molar-refractivity contribution in [3.05, 3.63) is 0 Å². The molecule has 0 bridgehead atoms. The van der Waals surface area contributed by atoms with Crippen molar-refractivity contribution in [2.24, 2.45) is 0 Å². The van der Waals surface area contributed by atoms with Gasteiger partial charge in [-0.1, -0.05) is 0 Å². The summed E-state index contributed by atoms with van der Waals surface area (Å²) < 4.78 is 5.28. The number of ether oxygens (including phenoxy) is 1. The second kappa shape index (κ2) is 5.51. The smallest absolute Gasteiger partial charge is 0.410 e. The van der Waals surface area contributed by atoms with Crippen LogP contribution in [0.3, 0.4) is 0 Å². The molecule has 8 nitrogen and oxygen atoms in total. The van der Waals surface area contributed by atoms with Gasteiger partial charge in [0.1, 0.15) is 11.6 Å². The lowest BCUT2D eigenvalue weighted by Crippen LogP contribution is -2.55. The molecule has 8 heteroatoms. The van der Waals surface area contributed by atoms with Crippen molar-refractivity contribution in [3.63, 3.8) is 0 Å². The number of urea groups is 1. The van der Waals surface area contributed by atoms with Crippen molar-refractivity contribution in [1.29, 1.82) is 0 Å². The van der Waals surface area contributed by atoms with Gasteiger partial charge in [-0.2, -0.15) is 0 Å². The van der Waals surface area contributed by atoms with Gasteiger partial charge in [0.25, 0.3) is 5.91 Å². The third-order valence-electron chi connectivity index (χ3n) is 3.38. The van der Waals surface area contributed by atoms with Crippen molar-refractivity contribution < 1.29 is 24.2 Å². The van der Waals surface area contributed by atoms with E-state index in [0.29, 0.717) is 6.54 Å². The van der Waals surface area contributed by atoms with Crippen LogP contribution in [0.25, 0.3) is 0 Å². The number of nitrogens with zero attached hydrogens (tertiary/aromatic N) is 3. The first-order chi connectivity index (χ1) is 9.74. The van der Waals surface area contributed by atoms with E-state index < -0.39 is 23.8 Å². The average Bonchev–Trinajstić information content (AvgIpc) is 2.62. The minimum absolute atomic E-state index is 0.0168. The maximum atomic E-state index is 12.2. The highest BCUT2D eigenvalue weighted by Gasteiger charge is 2.48. The number of hydrogen-bond donors (Lipinski definition) is 1. The van der Waals surface area contributed by atoms with Crippen LogP contribution < -0.4 is 0 Å². The summed E-state index contributed by atoms with van der Waals surface area (Å²) >= 11 is 0. The van der Waals surface area contributed by atoms with E-state index in [1.165, 1.54) is 9.80 Å². The minimum Gasteiger partial charge on any atom is -0.444 e. The summed E-state index contributed by atoms with van der Waals surface area (Å²) in [7, 11) is 0. The Labute approximate surface area is 123 Å². The molecular weight excluding hydrogens is 278 g/mol. The molecule has 21 heavy (non-hydrogen) atoms. The molecule has 0 aromatic rings. The Morgan fingerprint density at radius 3 is 2.57 bits per heavy atom. The summed E-state index contributed by atoms with van der Waals surface area (Å²) in [5, 5.41) is 8.91. The zero-order chi connectivity index (χ0) is 15.8. The Morgan fingerprint density at radius 1 is 1.33 bits per heavy atom. The van der Waals surface area contributed by atoms with E-state index in [1.54, 1.807) is 20.8 Å². The van der Waals surface area contributed by atoms with Gasteiger partial charge < -0.3 is 19.6 Å². The van der Waals surface area contributed by atoms with Crippen molar-refractivity contribution in [1.82, 2.24) is 14.7 Å². The summed E-state index contributed by atoms with van der Waals surface area (Å²) in [6.45, 7) is 5.78. The predicted molar refractivity (Wildman–Crippen MR) is 72.5 cm³/mol. The summed E-state index contributed by atoms with van der Waals surface area (Å²) in [6, 6.07) is -1.08. The molecule has 1 atom stereocenters. The zero-order valence-electron chi connectivity index (χ0n) is 12.5. The Morgan fingerprint density at radius 2 is 2.00 bits per heavy atom. The Balaban J connectivity index is 2.05. The molecule has 0 spiro atoms. The molecule has 118 valence electrons. The molecule has 0 radical (unpaired) electrons. The lowest BCUT2D eigenvalue weighted by Gasteiger charge is -2.36. The van der Waals surface area contributed by atoms with Crippen molar-refractivity contribution >= 4 is 18.0 Å². The van der Waals surface area contributed by atoms with Crippen molar-refractivity contribution in [3.8, 4) is 0 Å². The van der Waals surface area contributed by atoms with Crippen LogP contribution in [0.2, 0.25) is 0 Å². The van der Waals surface area contributed by atoms with Gasteiger partial charge in [-0.05, 0) is 20.8 Å². The molecule has 2 fully saturated rings. The fourth-order valence-electron chi connectivity index (χ4n) is 2.45. The van der Waals surface area contributed by atoms with Gasteiger partial charge in [0, 0.05) is 13.1 Å². The van der Waals surface area contributed by atoms with Crippen LogP contribution in [-0.2, 0) is 9.53 Å². The van der Waals surface area contributed by atoms with Crippen LogP contribution in [0.5, 0.6) is 0 Å². The van der Waals surface area contributed by atoms with Gasteiger partial charge in [-0.15, -0.1) is 0 Å². The maximum Gasteiger partial charge on any atom is 0.410 e. The van der Waals surface area contributed by atoms with Crippen LogP contribution in [0, 0.1) is 0 Å². The molecule has 0 saturated carbocycles. The second-order valence-electron chi connectivity index (χ2n) is 6.13. The standard InChI is InChI=1S/C13H21N3O5/c1-13(2,3)21-12(20)14-4-5-15-9(8-14)10(18)16(6-7-17)11(15)19/h9,17H,4-8H2,1-3H3. The number of β-amino-alcohol motifs (C(OH)–C–C–N with tert-alkyl or cyclic N) is 1. The zero-order valence-corrected chi connectivity index (χ0v) is 12.5. The van der Waals surface area contributed by atoms with Gasteiger partial charge in [0.05, 0.1) is 19.7 Å². The van der Waals surface area contributed by atoms with E-state index in [2.05, 4.69) is 0 Å². The van der Waals surface area contributed by atoms with E-state index in [1.807, 2.05) is 0 Å². The Hall–Kier alpha value is -1.83. The molecular formula is C13H21N3O5. The highest BCUT2D eigenvalue weighted by atomic mass is 16.6. The molecule has 1 unspecified atom stereocenters. The van der Waals surface area contributed by atoms with Crippen LogP contribution in [0.15, 0.2) is 0 Å². The summed E-state index contributed by atoms with van der Waals surface area (Å²) in [5.41, 5.74) is -0.605. The van der Waals surface area contributed by atoms with Crippen molar-refractivity contribution in [2.75, 3.05) is 32.8 Å². The summed E-state index contributed by atoms with van der Waals surface area (Å²) in [6.07, 6.45) is -0.483. The Bertz CT molecular complexity index is 459. The molecule has 4 amide bonds. The number of aliphatic hydroxyl groups is 1. The SMILES string of the molecule is CC(C)(C)OC(=O)N1CCN2C(=O)N(CCO)C(=O)C2C1. The lowest BCUT2D eigenvalue weighted by molar-refractivity contribution is -0.129. The van der Waals surface area contributed by atoms with E-state index in [9.17, 15) is 14.4 Å². The first kappa shape index (κ1) is 15.6. The van der Waals surface area contributed by atoms with Crippen molar-refractivity contribution in [2.45, 2.75) is 32.4 Å². The normalized spacial score (nSPS) is 22.7. The second-order valence-corrected chi connectivity index (χ2v) is 6.13. The van der Waals surface area contributed by atoms with E-state index in [4.69, 9.17) is 9.84 Å². The van der Waals surface area contributed by atoms with Gasteiger partial charge in [-0.3, -0.25) is 9.69 Å². The molecule has 2 aliphatic rings. The molecule has 2 rings (SSSR count). The Kier molecular flexibility index (Phi) is 4.08. The molecule has 1 N–H and O–H groups in total. The van der Waals surface area contributed by atoms with Gasteiger partial charge >= 0.3 is 12.1 Å². The third kappa shape index (κ3) is 3.10. The highest BCUT2D eigenvalue weighted by molar-refractivity contribution is 6.04. The van der Waals surface area contributed by atoms with E-state index in [-0.39, 0.29) is 32.1 Å². The minimum atomic E-state index is -0.676. The summed E-state index contributed by atoms with van der Waals surface area (Å²) in [4.78, 5) is 40.1. The molecule has 0 aliphatic carbocycles. The molecule has 2 saturated heterocycles. The number of carbonyl (C=O) groups is 3. The molecule has 0 aromatic heterocycles. The quantitative estimate of drug-likeness (QED) is 0.717. The molecule has 2 heterocycles. The first-order valence-electron chi connectivity index (χ1n) is 6.95. The largest absolute Gasteiger partial charge is 0.444 e. The fourth-order valence-corrected chi connectivity index (χ4v) is 2.45. The van der Waals surface area contributed by atoms with E-state index >= 15 is 0 Å². The number of fused-ring (bicyclic) bond motifs is 1. The maximum absolute atomic E-state index is 12.2. The summed E-state index contributed by atoms with van der Waals surface area (Å²) in [5.74, 6) is -0.373. The number of amides is 4. The van der Waals surface area contributed by atoms with Gasteiger partial charge in [0.2, 0.25) is 0 Å². The lowest BCUT2D eigenvalue weighted by atomic mass is 10.2. The fraction of sp³-hybridized carbons (Fsp3) is 0.769. The monoisotopic (exact) mass is 299 g/mol. The van der Waals surface area contributed by atoms with Crippen LogP contribution in [0.1, 0.15) is 20.8 Å². The average molecular weight is 299 g/mol. The number of imide groups is 1.